The normalized spacial score (nSPS) is 12.1. The van der Waals surface area contributed by atoms with Crippen LogP contribution in [0.2, 0.25) is 0 Å². The van der Waals surface area contributed by atoms with Crippen LogP contribution in [0.4, 0.5) is 0 Å². The molecule has 0 aliphatic heterocycles. The van der Waals surface area contributed by atoms with Gasteiger partial charge in [-0.1, -0.05) is 24.3 Å². The number of fused-ring (bicyclic) bond motifs is 1. The van der Waals surface area contributed by atoms with Crippen LogP contribution in [0.1, 0.15) is 25.5 Å². The van der Waals surface area contributed by atoms with Crippen LogP contribution in [0.25, 0.3) is 10.9 Å². The maximum absolute atomic E-state index is 12.4. The number of rotatable bonds is 5. The van der Waals surface area contributed by atoms with Crippen LogP contribution in [-0.4, -0.2) is 23.2 Å². The number of benzene rings is 1. The Balaban J connectivity index is 1.83. The van der Waals surface area contributed by atoms with Crippen LogP contribution in [0.3, 0.4) is 0 Å². The molecule has 0 bridgehead atoms. The first-order chi connectivity index (χ1) is 11.0. The van der Waals surface area contributed by atoms with Gasteiger partial charge in [-0.15, -0.1) is 0 Å². The van der Waals surface area contributed by atoms with Crippen molar-refractivity contribution in [2.75, 3.05) is 0 Å². The minimum atomic E-state index is -3.60. The molecule has 0 spiro atoms. The molecule has 3 aromatic rings. The number of nitrogens with one attached hydrogen (secondary N) is 1. The molecule has 0 aliphatic carbocycles. The molecule has 6 nitrogen and oxygen atoms in total. The topological polar surface area (TPSA) is 76.9 Å². The predicted molar refractivity (Wildman–Crippen MR) is 88.4 cm³/mol. The van der Waals surface area contributed by atoms with E-state index in [2.05, 4.69) is 14.8 Å². The van der Waals surface area contributed by atoms with Crippen molar-refractivity contribution >= 4 is 20.9 Å². The standard InChI is InChI=1S/C16H18N4O2S/c1-12(2)20-11-15(10-18-20)23(21,22)19-9-14-6-3-5-13-7-4-8-17-16(13)14/h3-8,10-12,19H,9H2,1-2H3. The third-order valence-electron chi connectivity index (χ3n) is 3.59. The second kappa shape index (κ2) is 6.10. The lowest BCUT2D eigenvalue weighted by Gasteiger charge is -2.07. The third-order valence-corrected chi connectivity index (χ3v) is 4.94. The SMILES string of the molecule is CC(C)n1cc(S(=O)(=O)NCc2cccc3cccnc23)cn1. The maximum Gasteiger partial charge on any atom is 0.243 e. The van der Waals surface area contributed by atoms with Gasteiger partial charge < -0.3 is 0 Å². The van der Waals surface area contributed by atoms with E-state index in [9.17, 15) is 8.42 Å². The van der Waals surface area contributed by atoms with Crippen molar-refractivity contribution in [2.45, 2.75) is 31.3 Å². The molecule has 0 fully saturated rings. The van der Waals surface area contributed by atoms with E-state index in [1.54, 1.807) is 10.9 Å². The Morgan fingerprint density at radius 1 is 1.22 bits per heavy atom. The smallest absolute Gasteiger partial charge is 0.243 e. The first-order valence-electron chi connectivity index (χ1n) is 7.34. The molecule has 120 valence electrons. The minimum Gasteiger partial charge on any atom is -0.269 e. The summed E-state index contributed by atoms with van der Waals surface area (Å²) in [7, 11) is -3.60. The zero-order chi connectivity index (χ0) is 16.4. The molecule has 0 saturated carbocycles. The van der Waals surface area contributed by atoms with Gasteiger partial charge in [0.15, 0.2) is 0 Å². The average Bonchev–Trinajstić information content (AvgIpc) is 3.04. The van der Waals surface area contributed by atoms with Gasteiger partial charge in [0, 0.05) is 30.4 Å². The molecule has 0 amide bonds. The highest BCUT2D eigenvalue weighted by atomic mass is 32.2. The number of sulfonamides is 1. The summed E-state index contributed by atoms with van der Waals surface area (Å²) >= 11 is 0. The fraction of sp³-hybridized carbons (Fsp3) is 0.250. The summed E-state index contributed by atoms with van der Waals surface area (Å²) in [5.74, 6) is 0. The lowest BCUT2D eigenvalue weighted by Crippen LogP contribution is -2.23. The molecular formula is C16H18N4O2S. The molecular weight excluding hydrogens is 312 g/mol. The van der Waals surface area contributed by atoms with Gasteiger partial charge in [0.25, 0.3) is 0 Å². The molecule has 23 heavy (non-hydrogen) atoms. The Hall–Kier alpha value is -2.25. The van der Waals surface area contributed by atoms with E-state index in [1.165, 1.54) is 12.4 Å². The van der Waals surface area contributed by atoms with Crippen LogP contribution in [0.5, 0.6) is 0 Å². The Morgan fingerprint density at radius 2 is 2.00 bits per heavy atom. The lowest BCUT2D eigenvalue weighted by molar-refractivity contribution is 0.531. The number of para-hydroxylation sites is 1. The van der Waals surface area contributed by atoms with Gasteiger partial charge in [0.1, 0.15) is 4.90 Å². The molecule has 0 aliphatic rings. The van der Waals surface area contributed by atoms with E-state index >= 15 is 0 Å². The van der Waals surface area contributed by atoms with Crippen LogP contribution >= 0.6 is 0 Å². The van der Waals surface area contributed by atoms with Crippen molar-refractivity contribution in [3.8, 4) is 0 Å². The Morgan fingerprint density at radius 3 is 2.74 bits per heavy atom. The summed E-state index contributed by atoms with van der Waals surface area (Å²) in [5, 5.41) is 5.06. The van der Waals surface area contributed by atoms with Gasteiger partial charge >= 0.3 is 0 Å². The van der Waals surface area contributed by atoms with Gasteiger partial charge in [-0.05, 0) is 25.5 Å². The highest BCUT2D eigenvalue weighted by Crippen LogP contribution is 2.17. The van der Waals surface area contributed by atoms with E-state index in [1.807, 2.05) is 44.2 Å². The van der Waals surface area contributed by atoms with Crippen molar-refractivity contribution in [1.29, 1.82) is 0 Å². The molecule has 0 radical (unpaired) electrons. The van der Waals surface area contributed by atoms with Crippen molar-refractivity contribution < 1.29 is 8.42 Å². The number of hydrogen-bond acceptors (Lipinski definition) is 4. The van der Waals surface area contributed by atoms with Gasteiger partial charge in [0.05, 0.1) is 11.7 Å². The fourth-order valence-electron chi connectivity index (χ4n) is 2.31. The largest absolute Gasteiger partial charge is 0.269 e. The minimum absolute atomic E-state index is 0.112. The summed E-state index contributed by atoms with van der Waals surface area (Å²) < 4.78 is 29.0. The van der Waals surface area contributed by atoms with Crippen LogP contribution in [-0.2, 0) is 16.6 Å². The second-order valence-corrected chi connectivity index (χ2v) is 7.33. The lowest BCUT2D eigenvalue weighted by atomic mass is 10.1. The van der Waals surface area contributed by atoms with Crippen LogP contribution < -0.4 is 4.72 Å². The molecule has 3 rings (SSSR count). The summed E-state index contributed by atoms with van der Waals surface area (Å²) in [6.07, 6.45) is 4.60. The van der Waals surface area contributed by atoms with Crippen LogP contribution in [0, 0.1) is 0 Å². The molecule has 1 N–H and O–H groups in total. The second-order valence-electron chi connectivity index (χ2n) is 5.57. The number of pyridine rings is 1. The summed E-state index contributed by atoms with van der Waals surface area (Å²) in [4.78, 5) is 4.50. The molecule has 0 atom stereocenters. The molecule has 2 heterocycles. The average molecular weight is 330 g/mol. The molecule has 1 aromatic carbocycles. The van der Waals surface area contributed by atoms with E-state index in [0.717, 1.165) is 16.5 Å². The van der Waals surface area contributed by atoms with Crippen molar-refractivity contribution in [1.82, 2.24) is 19.5 Å². The zero-order valence-corrected chi connectivity index (χ0v) is 13.8. The first-order valence-corrected chi connectivity index (χ1v) is 8.82. The van der Waals surface area contributed by atoms with Crippen molar-refractivity contribution in [2.24, 2.45) is 0 Å². The predicted octanol–water partition coefficient (Wildman–Crippen LogP) is 2.49. The number of nitrogens with zero attached hydrogens (tertiary/aromatic N) is 3. The third kappa shape index (κ3) is 3.25. The maximum atomic E-state index is 12.4. The molecule has 0 saturated heterocycles. The van der Waals surface area contributed by atoms with E-state index < -0.39 is 10.0 Å². The fourth-order valence-corrected chi connectivity index (χ4v) is 3.25. The molecule has 7 heteroatoms. The monoisotopic (exact) mass is 330 g/mol. The van der Waals surface area contributed by atoms with Gasteiger partial charge in [0.2, 0.25) is 10.0 Å². The van der Waals surface area contributed by atoms with Crippen LogP contribution in [0.15, 0.2) is 53.8 Å². The van der Waals surface area contributed by atoms with Gasteiger partial charge in [-0.2, -0.15) is 5.10 Å². The van der Waals surface area contributed by atoms with E-state index in [0.29, 0.717) is 0 Å². The van der Waals surface area contributed by atoms with E-state index in [-0.39, 0.29) is 17.5 Å². The summed E-state index contributed by atoms with van der Waals surface area (Å²) in [5.41, 5.74) is 1.64. The zero-order valence-electron chi connectivity index (χ0n) is 13.0. The molecule has 2 aromatic heterocycles. The quantitative estimate of drug-likeness (QED) is 0.780. The Bertz CT molecular complexity index is 927. The van der Waals surface area contributed by atoms with Crippen molar-refractivity contribution in [3.63, 3.8) is 0 Å². The Labute approximate surface area is 135 Å². The summed E-state index contributed by atoms with van der Waals surface area (Å²) in [6, 6.07) is 9.64. The van der Waals surface area contributed by atoms with Gasteiger partial charge in [-0.25, -0.2) is 13.1 Å². The number of aromatic nitrogens is 3. The van der Waals surface area contributed by atoms with Crippen molar-refractivity contribution in [3.05, 3.63) is 54.5 Å². The Kier molecular flexibility index (Phi) is 4.14. The first kappa shape index (κ1) is 15.6. The highest BCUT2D eigenvalue weighted by molar-refractivity contribution is 7.89. The summed E-state index contributed by atoms with van der Waals surface area (Å²) in [6.45, 7) is 4.07. The van der Waals surface area contributed by atoms with E-state index in [4.69, 9.17) is 0 Å². The molecule has 0 unspecified atom stereocenters. The number of hydrogen-bond donors (Lipinski definition) is 1. The van der Waals surface area contributed by atoms with Gasteiger partial charge in [-0.3, -0.25) is 9.67 Å². The highest BCUT2D eigenvalue weighted by Gasteiger charge is 2.17.